The van der Waals surface area contributed by atoms with Gasteiger partial charge in [0.1, 0.15) is 0 Å². The van der Waals surface area contributed by atoms with Crippen LogP contribution in [0.25, 0.3) is 10.8 Å². The summed E-state index contributed by atoms with van der Waals surface area (Å²) in [5.41, 5.74) is 1.21. The fourth-order valence-corrected chi connectivity index (χ4v) is 2.28. The summed E-state index contributed by atoms with van der Waals surface area (Å²) >= 11 is 0. The Kier molecular flexibility index (Phi) is 1.63. The van der Waals surface area contributed by atoms with E-state index in [-0.39, 0.29) is 17.9 Å². The lowest BCUT2D eigenvalue weighted by Gasteiger charge is -2.00. The average molecular weight is 213 g/mol. The molecule has 1 aliphatic carbocycles. The van der Waals surface area contributed by atoms with Crippen molar-refractivity contribution in [2.24, 2.45) is 0 Å². The molecule has 0 bridgehead atoms. The molecule has 3 rings (SSSR count). The Hall–Kier alpha value is -2.23. The second-order valence-electron chi connectivity index (χ2n) is 3.82. The molecule has 0 unspecified atom stereocenters. The number of rotatable bonds is 1. The Morgan fingerprint density at radius 3 is 2.75 bits per heavy atom. The van der Waals surface area contributed by atoms with Crippen LogP contribution in [-0.4, -0.2) is 10.7 Å². The zero-order valence-corrected chi connectivity index (χ0v) is 8.27. The van der Waals surface area contributed by atoms with Crippen LogP contribution in [0, 0.1) is 10.1 Å². The largest absolute Gasteiger partial charge is 0.294 e. The van der Waals surface area contributed by atoms with E-state index < -0.39 is 4.92 Å². The van der Waals surface area contributed by atoms with Gasteiger partial charge in [-0.3, -0.25) is 14.9 Å². The highest BCUT2D eigenvalue weighted by Crippen LogP contribution is 2.36. The topological polar surface area (TPSA) is 60.2 Å². The molecule has 4 nitrogen and oxygen atoms in total. The van der Waals surface area contributed by atoms with E-state index in [1.165, 1.54) is 6.07 Å². The third-order valence-corrected chi connectivity index (χ3v) is 2.96. The Bertz CT molecular complexity index is 646. The second-order valence-corrected chi connectivity index (χ2v) is 3.82. The van der Waals surface area contributed by atoms with Crippen LogP contribution in [0.3, 0.4) is 0 Å². The van der Waals surface area contributed by atoms with Crippen LogP contribution < -0.4 is 0 Å². The Labute approximate surface area is 90.7 Å². The van der Waals surface area contributed by atoms with E-state index in [0.29, 0.717) is 11.1 Å². The van der Waals surface area contributed by atoms with E-state index in [9.17, 15) is 14.9 Å². The molecular formula is C12H7NO3. The van der Waals surface area contributed by atoms with E-state index in [4.69, 9.17) is 0 Å². The zero-order valence-electron chi connectivity index (χ0n) is 8.27. The molecule has 0 heterocycles. The molecule has 0 atom stereocenters. The molecule has 0 fully saturated rings. The molecular weight excluding hydrogens is 206 g/mol. The van der Waals surface area contributed by atoms with Crippen molar-refractivity contribution in [3.8, 4) is 0 Å². The van der Waals surface area contributed by atoms with Gasteiger partial charge < -0.3 is 0 Å². The molecule has 0 saturated heterocycles. The maximum Gasteiger partial charge on any atom is 0.273 e. The van der Waals surface area contributed by atoms with Crippen molar-refractivity contribution in [3.63, 3.8) is 0 Å². The molecule has 1 aliphatic rings. The summed E-state index contributed by atoms with van der Waals surface area (Å²) in [4.78, 5) is 22.1. The average Bonchev–Trinajstić information content (AvgIpc) is 2.59. The van der Waals surface area contributed by atoms with Crippen molar-refractivity contribution in [2.45, 2.75) is 6.42 Å². The fraction of sp³-hybridized carbons (Fsp3) is 0.0833. The van der Waals surface area contributed by atoms with Crippen molar-refractivity contribution >= 4 is 22.2 Å². The first-order valence-corrected chi connectivity index (χ1v) is 4.90. The minimum Gasteiger partial charge on any atom is -0.294 e. The van der Waals surface area contributed by atoms with E-state index in [2.05, 4.69) is 0 Å². The molecule has 0 aliphatic heterocycles. The molecule has 16 heavy (non-hydrogen) atoms. The lowest BCUT2D eigenvalue weighted by molar-refractivity contribution is -0.385. The van der Waals surface area contributed by atoms with Crippen molar-refractivity contribution in [3.05, 3.63) is 51.6 Å². The van der Waals surface area contributed by atoms with Crippen molar-refractivity contribution in [1.29, 1.82) is 0 Å². The Balaban J connectivity index is 2.49. The smallest absolute Gasteiger partial charge is 0.273 e. The molecule has 78 valence electrons. The summed E-state index contributed by atoms with van der Waals surface area (Å²) in [6, 6.07) is 8.56. The SMILES string of the molecule is O=C1Cc2c([N+](=O)[O-])ccc3cccc1c23. The molecule has 0 radical (unpaired) electrons. The lowest BCUT2D eigenvalue weighted by atomic mass is 10.0. The molecule has 2 aromatic rings. The van der Waals surface area contributed by atoms with Crippen LogP contribution in [0.5, 0.6) is 0 Å². The van der Waals surface area contributed by atoms with Crippen LogP contribution in [0.2, 0.25) is 0 Å². The maximum absolute atomic E-state index is 11.7. The first-order valence-electron chi connectivity index (χ1n) is 4.90. The Morgan fingerprint density at radius 1 is 1.19 bits per heavy atom. The van der Waals surface area contributed by atoms with Gasteiger partial charge in [0.05, 0.1) is 4.92 Å². The molecule has 0 aromatic heterocycles. The summed E-state index contributed by atoms with van der Waals surface area (Å²) in [5, 5.41) is 12.5. The zero-order chi connectivity index (χ0) is 11.3. The van der Waals surface area contributed by atoms with Gasteiger partial charge in [-0.25, -0.2) is 0 Å². The van der Waals surface area contributed by atoms with E-state index in [1.54, 1.807) is 18.2 Å². The van der Waals surface area contributed by atoms with Gasteiger partial charge in [-0.1, -0.05) is 18.2 Å². The number of carbonyl (C=O) groups excluding carboxylic acids is 1. The quantitative estimate of drug-likeness (QED) is 0.540. The van der Waals surface area contributed by atoms with Crippen molar-refractivity contribution < 1.29 is 9.72 Å². The summed E-state index contributed by atoms with van der Waals surface area (Å²) in [6.45, 7) is 0. The number of nitrogens with zero attached hydrogens (tertiary/aromatic N) is 1. The number of benzene rings is 2. The molecule has 2 aromatic carbocycles. The number of carbonyl (C=O) groups is 1. The van der Waals surface area contributed by atoms with Crippen LogP contribution in [0.4, 0.5) is 5.69 Å². The summed E-state index contributed by atoms with van der Waals surface area (Å²) in [7, 11) is 0. The molecule has 4 heteroatoms. The van der Waals surface area contributed by atoms with E-state index in [0.717, 1.165) is 10.8 Å². The van der Waals surface area contributed by atoms with Gasteiger partial charge in [-0.05, 0) is 11.5 Å². The highest BCUT2D eigenvalue weighted by molar-refractivity contribution is 6.16. The molecule has 0 spiro atoms. The third-order valence-electron chi connectivity index (χ3n) is 2.96. The number of nitro groups is 1. The second kappa shape index (κ2) is 2.88. The first kappa shape index (κ1) is 9.03. The van der Waals surface area contributed by atoms with Gasteiger partial charge in [-0.2, -0.15) is 0 Å². The minimum absolute atomic E-state index is 0.0325. The van der Waals surface area contributed by atoms with Gasteiger partial charge in [0.15, 0.2) is 5.78 Å². The monoisotopic (exact) mass is 213 g/mol. The predicted molar refractivity (Wildman–Crippen MR) is 58.6 cm³/mol. The van der Waals surface area contributed by atoms with Gasteiger partial charge >= 0.3 is 0 Å². The summed E-state index contributed by atoms with van der Waals surface area (Å²) < 4.78 is 0. The minimum atomic E-state index is -0.426. The summed E-state index contributed by atoms with van der Waals surface area (Å²) in [6.07, 6.45) is 0.146. The molecule has 0 N–H and O–H groups in total. The van der Waals surface area contributed by atoms with Crippen LogP contribution in [-0.2, 0) is 6.42 Å². The highest BCUT2D eigenvalue weighted by Gasteiger charge is 2.28. The Morgan fingerprint density at radius 2 is 2.00 bits per heavy atom. The lowest BCUT2D eigenvalue weighted by Crippen LogP contribution is -1.96. The van der Waals surface area contributed by atoms with E-state index in [1.807, 2.05) is 6.07 Å². The number of nitro benzene ring substituents is 1. The van der Waals surface area contributed by atoms with Crippen molar-refractivity contribution in [1.82, 2.24) is 0 Å². The standard InChI is InChI=1S/C12H7NO3/c14-11-6-9-10(13(15)16)5-4-7-2-1-3-8(11)12(7)9/h1-5H,6H2. The first-order chi connectivity index (χ1) is 7.68. The number of hydrogen-bond donors (Lipinski definition) is 0. The van der Waals surface area contributed by atoms with Crippen LogP contribution in [0.1, 0.15) is 15.9 Å². The number of ketones is 1. The van der Waals surface area contributed by atoms with Crippen LogP contribution in [0.15, 0.2) is 30.3 Å². The van der Waals surface area contributed by atoms with Gasteiger partial charge in [0.25, 0.3) is 5.69 Å². The van der Waals surface area contributed by atoms with Crippen LogP contribution >= 0.6 is 0 Å². The molecule has 0 amide bonds. The van der Waals surface area contributed by atoms with E-state index >= 15 is 0 Å². The van der Waals surface area contributed by atoms with Crippen molar-refractivity contribution in [2.75, 3.05) is 0 Å². The number of Topliss-reactive ketones (excluding diaryl/α,β-unsaturated/α-hetero) is 1. The summed E-state index contributed by atoms with van der Waals surface area (Å²) in [5.74, 6) is -0.0325. The van der Waals surface area contributed by atoms with Gasteiger partial charge in [0, 0.05) is 29.0 Å². The normalized spacial score (nSPS) is 13.4. The third kappa shape index (κ3) is 1.01. The highest BCUT2D eigenvalue weighted by atomic mass is 16.6. The van der Waals surface area contributed by atoms with Gasteiger partial charge in [0.2, 0.25) is 0 Å². The maximum atomic E-state index is 11.7. The van der Waals surface area contributed by atoms with Gasteiger partial charge in [-0.15, -0.1) is 0 Å². The number of hydrogen-bond acceptors (Lipinski definition) is 3. The predicted octanol–water partition coefficient (Wildman–Crippen LogP) is 2.49. The fourth-order valence-electron chi connectivity index (χ4n) is 2.28. The molecule has 0 saturated carbocycles.